The summed E-state index contributed by atoms with van der Waals surface area (Å²) in [6, 6.07) is 3.45. The van der Waals surface area contributed by atoms with E-state index >= 15 is 0 Å². The first-order valence-corrected chi connectivity index (χ1v) is 7.02. The van der Waals surface area contributed by atoms with Crippen molar-refractivity contribution in [3.05, 3.63) is 34.2 Å². The monoisotopic (exact) mass is 308 g/mol. The van der Waals surface area contributed by atoms with Crippen LogP contribution >= 0.6 is 22.9 Å². The number of rotatable bonds is 1. The van der Waals surface area contributed by atoms with Crippen LogP contribution in [-0.4, -0.2) is 15.2 Å². The van der Waals surface area contributed by atoms with Crippen LogP contribution in [0.15, 0.2) is 12.1 Å². The average Bonchev–Trinajstić information content (AvgIpc) is 2.79. The van der Waals surface area contributed by atoms with Crippen LogP contribution in [0.4, 0.5) is 9.52 Å². The van der Waals surface area contributed by atoms with E-state index in [9.17, 15) is 4.39 Å². The number of hydrogen-bond acceptors (Lipinski definition) is 5. The summed E-state index contributed by atoms with van der Waals surface area (Å²) in [4.78, 5) is 4.02. The van der Waals surface area contributed by atoms with Crippen molar-refractivity contribution in [1.82, 2.24) is 15.2 Å². The molecule has 0 aliphatic carbocycles. The van der Waals surface area contributed by atoms with Gasteiger partial charge in [-0.3, -0.25) is 0 Å². The van der Waals surface area contributed by atoms with Crippen molar-refractivity contribution in [2.75, 3.05) is 5.73 Å². The molecule has 1 aromatic carbocycles. The Labute approximate surface area is 123 Å². The summed E-state index contributed by atoms with van der Waals surface area (Å²) in [6.07, 6.45) is 0. The summed E-state index contributed by atoms with van der Waals surface area (Å²) >= 11 is 7.17. The molecule has 0 aliphatic rings. The number of anilines is 1. The summed E-state index contributed by atoms with van der Waals surface area (Å²) in [7, 11) is 0. The van der Waals surface area contributed by atoms with Crippen LogP contribution in [0, 0.1) is 19.7 Å². The van der Waals surface area contributed by atoms with Crippen LogP contribution in [0.1, 0.15) is 11.1 Å². The number of aromatic nitrogens is 3. The van der Waals surface area contributed by atoms with Gasteiger partial charge < -0.3 is 5.73 Å². The standard InChI is InChI=1S/C13H10ClFN4S/c1-5-6(2)12(14)19-18-10(5)7-3-4-8-11(9(7)15)17-13(16)20-8/h3-4H,1-2H3,(H2,16,17). The molecule has 20 heavy (non-hydrogen) atoms. The van der Waals surface area contributed by atoms with Gasteiger partial charge in [-0.05, 0) is 37.1 Å². The molecule has 2 heterocycles. The molecule has 0 amide bonds. The molecular formula is C13H10ClFN4S. The lowest BCUT2D eigenvalue weighted by Gasteiger charge is -2.09. The molecule has 0 bridgehead atoms. The smallest absolute Gasteiger partial charge is 0.181 e. The quantitative estimate of drug-likeness (QED) is 0.743. The van der Waals surface area contributed by atoms with Crippen LogP contribution < -0.4 is 5.73 Å². The van der Waals surface area contributed by atoms with Crippen molar-refractivity contribution in [1.29, 1.82) is 0 Å². The maximum Gasteiger partial charge on any atom is 0.181 e. The molecule has 0 unspecified atom stereocenters. The Kier molecular flexibility index (Phi) is 3.07. The largest absolute Gasteiger partial charge is 0.375 e. The first-order chi connectivity index (χ1) is 9.49. The number of benzene rings is 1. The summed E-state index contributed by atoms with van der Waals surface area (Å²) in [6.45, 7) is 3.66. The third-order valence-electron chi connectivity index (χ3n) is 3.24. The predicted octanol–water partition coefficient (Wildman–Crippen LogP) is 3.74. The third kappa shape index (κ3) is 1.92. The zero-order valence-electron chi connectivity index (χ0n) is 10.7. The maximum atomic E-state index is 14.6. The van der Waals surface area contributed by atoms with E-state index in [4.69, 9.17) is 17.3 Å². The van der Waals surface area contributed by atoms with Crippen LogP contribution in [0.5, 0.6) is 0 Å². The fourth-order valence-electron chi connectivity index (χ4n) is 1.99. The van der Waals surface area contributed by atoms with Gasteiger partial charge in [-0.1, -0.05) is 22.9 Å². The summed E-state index contributed by atoms with van der Waals surface area (Å²) in [5, 5.41) is 8.52. The van der Waals surface area contributed by atoms with E-state index in [2.05, 4.69) is 15.2 Å². The van der Waals surface area contributed by atoms with Gasteiger partial charge in [0.15, 0.2) is 16.1 Å². The first-order valence-electron chi connectivity index (χ1n) is 5.83. The van der Waals surface area contributed by atoms with E-state index in [0.717, 1.165) is 11.1 Å². The molecule has 0 radical (unpaired) electrons. The van der Waals surface area contributed by atoms with Gasteiger partial charge in [0.1, 0.15) is 5.52 Å². The second-order valence-electron chi connectivity index (χ2n) is 4.42. The molecule has 102 valence electrons. The molecule has 7 heteroatoms. The van der Waals surface area contributed by atoms with E-state index in [-0.39, 0.29) is 5.52 Å². The van der Waals surface area contributed by atoms with Crippen molar-refractivity contribution in [2.45, 2.75) is 13.8 Å². The molecule has 3 aromatic rings. The lowest BCUT2D eigenvalue weighted by atomic mass is 10.0. The highest BCUT2D eigenvalue weighted by molar-refractivity contribution is 7.22. The fraction of sp³-hybridized carbons (Fsp3) is 0.154. The number of hydrogen-bond donors (Lipinski definition) is 1. The Morgan fingerprint density at radius 1 is 1.20 bits per heavy atom. The van der Waals surface area contributed by atoms with Crippen molar-refractivity contribution in [2.24, 2.45) is 0 Å². The zero-order valence-corrected chi connectivity index (χ0v) is 12.3. The molecule has 2 aromatic heterocycles. The Morgan fingerprint density at radius 3 is 2.70 bits per heavy atom. The SMILES string of the molecule is Cc1c(Cl)nnc(-c2ccc3sc(N)nc3c2F)c1C. The summed E-state index contributed by atoms with van der Waals surface area (Å²) < 4.78 is 15.3. The highest BCUT2D eigenvalue weighted by atomic mass is 35.5. The van der Waals surface area contributed by atoms with Crippen molar-refractivity contribution in [3.8, 4) is 11.3 Å². The third-order valence-corrected chi connectivity index (χ3v) is 4.44. The van der Waals surface area contributed by atoms with Crippen LogP contribution in [-0.2, 0) is 0 Å². The predicted molar refractivity (Wildman–Crippen MR) is 79.5 cm³/mol. The zero-order chi connectivity index (χ0) is 14.4. The lowest BCUT2D eigenvalue weighted by molar-refractivity contribution is 0.639. The van der Waals surface area contributed by atoms with Gasteiger partial charge in [0.25, 0.3) is 0 Å². The minimum atomic E-state index is -0.436. The van der Waals surface area contributed by atoms with Gasteiger partial charge in [0, 0.05) is 5.56 Å². The summed E-state index contributed by atoms with van der Waals surface area (Å²) in [5.41, 5.74) is 8.29. The van der Waals surface area contributed by atoms with Crippen molar-refractivity contribution in [3.63, 3.8) is 0 Å². The highest BCUT2D eigenvalue weighted by Gasteiger charge is 2.17. The van der Waals surface area contributed by atoms with Gasteiger partial charge in [0.2, 0.25) is 0 Å². The maximum absolute atomic E-state index is 14.6. The first kappa shape index (κ1) is 13.2. The molecule has 4 nitrogen and oxygen atoms in total. The van der Waals surface area contributed by atoms with Gasteiger partial charge in [-0.2, -0.15) is 0 Å². The molecule has 0 saturated carbocycles. The molecule has 0 fully saturated rings. The Balaban J connectivity index is 2.30. The van der Waals surface area contributed by atoms with E-state index in [0.29, 0.717) is 26.2 Å². The van der Waals surface area contributed by atoms with E-state index in [1.165, 1.54) is 11.3 Å². The number of halogens is 2. The van der Waals surface area contributed by atoms with Gasteiger partial charge in [-0.15, -0.1) is 10.2 Å². The average molecular weight is 309 g/mol. The molecule has 0 aliphatic heterocycles. The Morgan fingerprint density at radius 2 is 1.95 bits per heavy atom. The van der Waals surface area contributed by atoms with Crippen LogP contribution in [0.25, 0.3) is 21.5 Å². The minimum absolute atomic E-state index is 0.263. The van der Waals surface area contributed by atoms with Gasteiger partial charge in [0.05, 0.1) is 10.4 Å². The number of fused-ring (bicyclic) bond motifs is 1. The Bertz CT molecular complexity index is 831. The second-order valence-corrected chi connectivity index (χ2v) is 5.84. The molecule has 3 rings (SSSR count). The van der Waals surface area contributed by atoms with Gasteiger partial charge in [-0.25, -0.2) is 9.37 Å². The number of nitrogens with zero attached hydrogens (tertiary/aromatic N) is 3. The molecule has 0 atom stereocenters. The minimum Gasteiger partial charge on any atom is -0.375 e. The van der Waals surface area contributed by atoms with Crippen molar-refractivity contribution >= 4 is 38.3 Å². The lowest BCUT2D eigenvalue weighted by Crippen LogP contribution is -1.98. The van der Waals surface area contributed by atoms with Crippen LogP contribution in [0.3, 0.4) is 0 Å². The second kappa shape index (κ2) is 4.64. The highest BCUT2D eigenvalue weighted by Crippen LogP contribution is 2.33. The van der Waals surface area contributed by atoms with Gasteiger partial charge >= 0.3 is 0 Å². The topological polar surface area (TPSA) is 64.7 Å². The van der Waals surface area contributed by atoms with Crippen molar-refractivity contribution < 1.29 is 4.39 Å². The van der Waals surface area contributed by atoms with Crippen LogP contribution in [0.2, 0.25) is 5.15 Å². The Hall–Kier alpha value is -1.79. The van der Waals surface area contributed by atoms with E-state index in [1.807, 2.05) is 13.8 Å². The molecule has 2 N–H and O–H groups in total. The number of nitrogen functional groups attached to an aromatic ring is 1. The summed E-state index contributed by atoms with van der Waals surface area (Å²) in [5.74, 6) is -0.436. The number of thiazole rings is 1. The van der Waals surface area contributed by atoms with E-state index < -0.39 is 5.82 Å². The fourth-order valence-corrected chi connectivity index (χ4v) is 2.90. The van der Waals surface area contributed by atoms with E-state index in [1.54, 1.807) is 12.1 Å². The molecule has 0 spiro atoms. The molecular weight excluding hydrogens is 299 g/mol. The molecule has 0 saturated heterocycles. The number of nitrogens with two attached hydrogens (primary N) is 1. The normalized spacial score (nSPS) is 11.2.